The Bertz CT molecular complexity index is 379. The predicted molar refractivity (Wildman–Crippen MR) is 53.1 cm³/mol. The Hall–Kier alpha value is -0.910. The molecule has 1 aromatic rings. The van der Waals surface area contributed by atoms with Gasteiger partial charge in [0.1, 0.15) is 5.69 Å². The average molecular weight is 236 g/mol. The molecule has 0 bridgehead atoms. The van der Waals surface area contributed by atoms with Crippen molar-refractivity contribution in [2.24, 2.45) is 0 Å². The number of rotatable bonds is 0. The Morgan fingerprint density at radius 1 is 1.27 bits per heavy atom. The number of hydrogen-bond donors (Lipinski definition) is 1. The molecule has 0 unspecified atom stereocenters. The van der Waals surface area contributed by atoms with Gasteiger partial charge in [-0.3, -0.25) is 0 Å². The zero-order chi connectivity index (χ0) is 11.9. The third-order valence-corrected chi connectivity index (χ3v) is 2.01. The van der Waals surface area contributed by atoms with E-state index in [4.69, 9.17) is 0 Å². The molecule has 0 amide bonds. The lowest BCUT2D eigenvalue weighted by Gasteiger charge is -2.18. The van der Waals surface area contributed by atoms with Crippen LogP contribution in [0, 0.1) is 4.77 Å². The molecule has 0 spiro atoms. The second-order valence-electron chi connectivity index (χ2n) is 4.23. The molecule has 0 aliphatic heterocycles. The van der Waals surface area contributed by atoms with Crippen LogP contribution in [0.5, 0.6) is 0 Å². The maximum Gasteiger partial charge on any atom is 0.431 e. The number of H-pyrrole nitrogens is 1. The van der Waals surface area contributed by atoms with Crippen molar-refractivity contribution in [3.8, 4) is 0 Å². The Kier molecular flexibility index (Phi) is 2.91. The number of aromatic amines is 1. The van der Waals surface area contributed by atoms with Crippen molar-refractivity contribution in [2.45, 2.75) is 32.4 Å². The number of alkyl halides is 3. The first-order chi connectivity index (χ1) is 6.60. The van der Waals surface area contributed by atoms with Crippen LogP contribution in [0.2, 0.25) is 0 Å². The fourth-order valence-corrected chi connectivity index (χ4v) is 1.20. The molecule has 1 rings (SSSR count). The monoisotopic (exact) mass is 236 g/mol. The molecular formula is C9H11F3N2S. The van der Waals surface area contributed by atoms with E-state index >= 15 is 0 Å². The summed E-state index contributed by atoms with van der Waals surface area (Å²) in [6.45, 7) is 5.35. The zero-order valence-corrected chi connectivity index (χ0v) is 9.38. The molecule has 1 aromatic heterocycles. The summed E-state index contributed by atoms with van der Waals surface area (Å²) in [7, 11) is 0. The van der Waals surface area contributed by atoms with Gasteiger partial charge in [-0.2, -0.15) is 13.2 Å². The molecule has 2 nitrogen and oxygen atoms in total. The van der Waals surface area contributed by atoms with Gasteiger partial charge in [-0.05, 0) is 18.3 Å². The van der Waals surface area contributed by atoms with Crippen LogP contribution in [0.1, 0.15) is 32.2 Å². The van der Waals surface area contributed by atoms with E-state index < -0.39 is 17.3 Å². The summed E-state index contributed by atoms with van der Waals surface area (Å²) in [6.07, 6.45) is -4.42. The number of nitrogens with zero attached hydrogens (tertiary/aromatic N) is 1. The first kappa shape index (κ1) is 12.2. The molecule has 0 saturated heterocycles. The molecule has 0 fully saturated rings. The third-order valence-electron chi connectivity index (χ3n) is 1.82. The van der Waals surface area contributed by atoms with E-state index in [-0.39, 0.29) is 4.77 Å². The quantitative estimate of drug-likeness (QED) is 0.699. The Morgan fingerprint density at radius 3 is 2.20 bits per heavy atom. The smallest absolute Gasteiger partial charge is 0.327 e. The highest BCUT2D eigenvalue weighted by molar-refractivity contribution is 7.71. The molecule has 6 heteroatoms. The van der Waals surface area contributed by atoms with Crippen molar-refractivity contribution in [3.63, 3.8) is 0 Å². The molecule has 0 aromatic carbocycles. The van der Waals surface area contributed by atoms with Crippen LogP contribution in [-0.4, -0.2) is 9.97 Å². The number of aromatic nitrogens is 2. The summed E-state index contributed by atoms with van der Waals surface area (Å²) >= 11 is 4.66. The largest absolute Gasteiger partial charge is 0.431 e. The van der Waals surface area contributed by atoms with Crippen LogP contribution in [0.3, 0.4) is 0 Å². The predicted octanol–water partition coefficient (Wildman–Crippen LogP) is 3.46. The van der Waals surface area contributed by atoms with Gasteiger partial charge in [-0.15, -0.1) is 0 Å². The van der Waals surface area contributed by atoms with Crippen LogP contribution < -0.4 is 0 Å². The minimum absolute atomic E-state index is 0.144. The van der Waals surface area contributed by atoms with E-state index in [9.17, 15) is 13.2 Å². The van der Waals surface area contributed by atoms with Crippen LogP contribution in [0.25, 0.3) is 0 Å². The van der Waals surface area contributed by atoms with Gasteiger partial charge in [0.15, 0.2) is 4.77 Å². The second-order valence-corrected chi connectivity index (χ2v) is 4.62. The summed E-state index contributed by atoms with van der Waals surface area (Å²) < 4.78 is 37.1. The molecule has 15 heavy (non-hydrogen) atoms. The SMILES string of the molecule is CC(C)(C)c1cc(C(F)(F)F)[nH]c(=S)n1. The highest BCUT2D eigenvalue weighted by Crippen LogP contribution is 2.30. The topological polar surface area (TPSA) is 28.7 Å². The molecule has 84 valence electrons. The highest BCUT2D eigenvalue weighted by Gasteiger charge is 2.33. The summed E-state index contributed by atoms with van der Waals surface area (Å²) in [5, 5.41) is 0. The van der Waals surface area contributed by atoms with E-state index in [0.717, 1.165) is 6.07 Å². The van der Waals surface area contributed by atoms with Crippen molar-refractivity contribution in [3.05, 3.63) is 22.2 Å². The van der Waals surface area contributed by atoms with E-state index in [1.165, 1.54) is 0 Å². The molecule has 0 radical (unpaired) electrons. The van der Waals surface area contributed by atoms with Gasteiger partial charge in [-0.1, -0.05) is 20.8 Å². The van der Waals surface area contributed by atoms with Crippen LogP contribution in [-0.2, 0) is 11.6 Å². The van der Waals surface area contributed by atoms with E-state index in [1.807, 2.05) is 4.98 Å². The van der Waals surface area contributed by atoms with E-state index in [1.54, 1.807) is 20.8 Å². The van der Waals surface area contributed by atoms with Gasteiger partial charge in [-0.25, -0.2) is 4.98 Å². The van der Waals surface area contributed by atoms with Gasteiger partial charge in [0.2, 0.25) is 0 Å². The van der Waals surface area contributed by atoms with Gasteiger partial charge in [0.05, 0.1) is 5.69 Å². The molecule has 1 N–H and O–H groups in total. The Balaban J connectivity index is 3.36. The Labute approximate surface area is 90.6 Å². The van der Waals surface area contributed by atoms with Crippen LogP contribution in [0.4, 0.5) is 13.2 Å². The molecule has 0 aliphatic carbocycles. The first-order valence-corrected chi connectivity index (χ1v) is 4.70. The summed E-state index contributed by atoms with van der Waals surface area (Å²) in [6, 6.07) is 0.996. The van der Waals surface area contributed by atoms with Crippen LogP contribution in [0.15, 0.2) is 6.07 Å². The van der Waals surface area contributed by atoms with Gasteiger partial charge < -0.3 is 4.98 Å². The zero-order valence-electron chi connectivity index (χ0n) is 8.57. The molecular weight excluding hydrogens is 225 g/mol. The fourth-order valence-electron chi connectivity index (χ4n) is 0.995. The lowest BCUT2D eigenvalue weighted by atomic mass is 9.91. The maximum atomic E-state index is 12.4. The summed E-state index contributed by atoms with van der Waals surface area (Å²) in [5.74, 6) is 0. The number of hydrogen-bond acceptors (Lipinski definition) is 2. The minimum atomic E-state index is -4.42. The van der Waals surface area contributed by atoms with Crippen molar-refractivity contribution >= 4 is 12.2 Å². The van der Waals surface area contributed by atoms with Crippen LogP contribution >= 0.6 is 12.2 Å². The second kappa shape index (κ2) is 3.59. The van der Waals surface area contributed by atoms with E-state index in [0.29, 0.717) is 5.69 Å². The maximum absolute atomic E-state index is 12.4. The minimum Gasteiger partial charge on any atom is -0.327 e. The normalized spacial score (nSPS) is 12.9. The Morgan fingerprint density at radius 2 is 1.80 bits per heavy atom. The summed E-state index contributed by atoms with van der Waals surface area (Å²) in [4.78, 5) is 5.92. The molecule has 0 atom stereocenters. The lowest BCUT2D eigenvalue weighted by molar-refractivity contribution is -0.141. The first-order valence-electron chi connectivity index (χ1n) is 4.30. The van der Waals surface area contributed by atoms with Crippen molar-refractivity contribution in [1.82, 2.24) is 9.97 Å². The highest BCUT2D eigenvalue weighted by atomic mass is 32.1. The average Bonchev–Trinajstić information content (AvgIpc) is 1.99. The van der Waals surface area contributed by atoms with Gasteiger partial charge in [0, 0.05) is 5.41 Å². The summed E-state index contributed by atoms with van der Waals surface area (Å²) in [5.41, 5.74) is -0.978. The molecule has 1 heterocycles. The standard InChI is InChI=1S/C9H11F3N2S/c1-8(2,3)5-4-6(9(10,11)12)14-7(15)13-5/h4H,1-3H3,(H,13,14,15). The lowest BCUT2D eigenvalue weighted by Crippen LogP contribution is -2.17. The van der Waals surface area contributed by atoms with Gasteiger partial charge in [0.25, 0.3) is 0 Å². The molecule has 0 saturated carbocycles. The van der Waals surface area contributed by atoms with Crippen molar-refractivity contribution in [1.29, 1.82) is 0 Å². The molecule has 0 aliphatic rings. The third kappa shape index (κ3) is 3.02. The van der Waals surface area contributed by atoms with Gasteiger partial charge >= 0.3 is 6.18 Å². The van der Waals surface area contributed by atoms with Crippen molar-refractivity contribution < 1.29 is 13.2 Å². The number of halogens is 3. The van der Waals surface area contributed by atoms with E-state index in [2.05, 4.69) is 17.2 Å². The fraction of sp³-hybridized carbons (Fsp3) is 0.556. The number of nitrogens with one attached hydrogen (secondary N) is 1. The van der Waals surface area contributed by atoms with Crippen molar-refractivity contribution in [2.75, 3.05) is 0 Å².